The highest BCUT2D eigenvalue weighted by molar-refractivity contribution is 7.13. The van der Waals surface area contributed by atoms with E-state index in [1.54, 1.807) is 24.1 Å². The number of nitrogens with zero attached hydrogens (tertiary/aromatic N) is 2. The van der Waals surface area contributed by atoms with Crippen LogP contribution in [0.25, 0.3) is 10.6 Å². The fourth-order valence-electron chi connectivity index (χ4n) is 2.53. The summed E-state index contributed by atoms with van der Waals surface area (Å²) in [5.74, 6) is 0.0338. The smallest absolute Gasteiger partial charge is 0.387 e. The van der Waals surface area contributed by atoms with Crippen LogP contribution in [0.15, 0.2) is 60.0 Å². The fourth-order valence-corrected chi connectivity index (χ4v) is 3.36. The van der Waals surface area contributed by atoms with Crippen LogP contribution in [-0.2, 0) is 17.8 Å². The second-order valence-electron chi connectivity index (χ2n) is 5.96. The van der Waals surface area contributed by atoms with Gasteiger partial charge >= 0.3 is 6.61 Å². The minimum Gasteiger partial charge on any atom is -0.435 e. The number of amides is 1. The first-order valence-corrected chi connectivity index (χ1v) is 9.17. The molecular formula is C20H18F2N2O2S. The van der Waals surface area contributed by atoms with Crippen molar-refractivity contribution in [2.75, 3.05) is 7.05 Å². The van der Waals surface area contributed by atoms with Crippen LogP contribution in [0.2, 0.25) is 0 Å². The summed E-state index contributed by atoms with van der Waals surface area (Å²) in [7, 11) is 1.70. The van der Waals surface area contributed by atoms with E-state index in [-0.39, 0.29) is 18.1 Å². The summed E-state index contributed by atoms with van der Waals surface area (Å²) in [6.45, 7) is -2.47. The van der Waals surface area contributed by atoms with Crippen LogP contribution in [0.3, 0.4) is 0 Å². The number of halogens is 2. The van der Waals surface area contributed by atoms with Gasteiger partial charge in [0.25, 0.3) is 0 Å². The maximum Gasteiger partial charge on any atom is 0.387 e. The van der Waals surface area contributed by atoms with Gasteiger partial charge in [-0.05, 0) is 17.7 Å². The summed E-state index contributed by atoms with van der Waals surface area (Å²) >= 11 is 1.51. The van der Waals surface area contributed by atoms with Crippen molar-refractivity contribution >= 4 is 17.2 Å². The number of likely N-dealkylation sites (N-methyl/N-ethyl adjacent to an activating group) is 1. The molecule has 3 aromatic rings. The molecule has 7 heteroatoms. The molecule has 2 aromatic carbocycles. The standard InChI is InChI=1S/C20H18F2N2O2S/c1-24(12-14-7-9-17(10-8-14)26-20(21)22)18(25)11-16-13-27-19(23-16)15-5-3-2-4-6-15/h2-10,13,20H,11-12H2,1H3. The Labute approximate surface area is 160 Å². The molecule has 0 spiro atoms. The van der Waals surface area contributed by atoms with E-state index in [1.165, 1.54) is 23.5 Å². The van der Waals surface area contributed by atoms with E-state index in [0.717, 1.165) is 21.8 Å². The Morgan fingerprint density at radius 2 is 1.85 bits per heavy atom. The molecule has 140 valence electrons. The second kappa shape index (κ2) is 8.73. The molecule has 0 saturated heterocycles. The molecule has 0 unspecified atom stereocenters. The minimum atomic E-state index is -2.85. The Kier molecular flexibility index (Phi) is 6.13. The van der Waals surface area contributed by atoms with Crippen LogP contribution >= 0.6 is 11.3 Å². The second-order valence-corrected chi connectivity index (χ2v) is 6.82. The molecule has 0 N–H and O–H groups in total. The average Bonchev–Trinajstić information content (AvgIpc) is 3.12. The van der Waals surface area contributed by atoms with E-state index in [1.807, 2.05) is 35.7 Å². The maximum atomic E-state index is 12.4. The van der Waals surface area contributed by atoms with Crippen LogP contribution in [0.5, 0.6) is 5.75 Å². The number of hydrogen-bond acceptors (Lipinski definition) is 4. The number of carbonyl (C=O) groups is 1. The van der Waals surface area contributed by atoms with Gasteiger partial charge in [-0.15, -0.1) is 11.3 Å². The van der Waals surface area contributed by atoms with Crippen molar-refractivity contribution in [2.24, 2.45) is 0 Å². The van der Waals surface area contributed by atoms with Crippen molar-refractivity contribution in [3.05, 3.63) is 71.2 Å². The molecular weight excluding hydrogens is 370 g/mol. The van der Waals surface area contributed by atoms with E-state index in [4.69, 9.17) is 0 Å². The lowest BCUT2D eigenvalue weighted by molar-refractivity contribution is -0.129. The highest BCUT2D eigenvalue weighted by atomic mass is 32.1. The lowest BCUT2D eigenvalue weighted by atomic mass is 10.2. The van der Waals surface area contributed by atoms with Crippen molar-refractivity contribution in [1.82, 2.24) is 9.88 Å². The van der Waals surface area contributed by atoms with Gasteiger partial charge in [-0.3, -0.25) is 4.79 Å². The molecule has 0 bridgehead atoms. The van der Waals surface area contributed by atoms with Crippen LogP contribution < -0.4 is 4.74 Å². The number of benzene rings is 2. The third kappa shape index (κ3) is 5.34. The van der Waals surface area contributed by atoms with Crippen molar-refractivity contribution in [2.45, 2.75) is 19.6 Å². The summed E-state index contributed by atoms with van der Waals surface area (Å²) in [6, 6.07) is 16.1. The summed E-state index contributed by atoms with van der Waals surface area (Å²) in [5.41, 5.74) is 2.59. The Bertz CT molecular complexity index is 883. The van der Waals surface area contributed by atoms with Gasteiger partial charge in [-0.25, -0.2) is 4.98 Å². The zero-order valence-corrected chi connectivity index (χ0v) is 15.5. The molecule has 1 aromatic heterocycles. The van der Waals surface area contributed by atoms with Gasteiger partial charge in [-0.2, -0.15) is 8.78 Å². The molecule has 27 heavy (non-hydrogen) atoms. The summed E-state index contributed by atoms with van der Waals surface area (Å²) in [5, 5.41) is 2.78. The first-order valence-electron chi connectivity index (χ1n) is 8.29. The quantitative estimate of drug-likeness (QED) is 0.593. The third-order valence-electron chi connectivity index (χ3n) is 3.90. The number of aromatic nitrogens is 1. The van der Waals surface area contributed by atoms with Crippen molar-refractivity contribution in [3.63, 3.8) is 0 Å². The predicted molar refractivity (Wildman–Crippen MR) is 101 cm³/mol. The number of alkyl halides is 2. The molecule has 0 aliphatic carbocycles. The molecule has 0 fully saturated rings. The molecule has 4 nitrogen and oxygen atoms in total. The van der Waals surface area contributed by atoms with E-state index in [2.05, 4.69) is 9.72 Å². The zero-order chi connectivity index (χ0) is 19.2. The van der Waals surface area contributed by atoms with Gasteiger partial charge in [-0.1, -0.05) is 42.5 Å². The summed E-state index contributed by atoms with van der Waals surface area (Å²) in [4.78, 5) is 18.6. The topological polar surface area (TPSA) is 42.4 Å². The molecule has 3 rings (SSSR count). The van der Waals surface area contributed by atoms with Gasteiger partial charge in [0.1, 0.15) is 10.8 Å². The van der Waals surface area contributed by atoms with Crippen molar-refractivity contribution in [1.29, 1.82) is 0 Å². The molecule has 0 saturated carbocycles. The zero-order valence-electron chi connectivity index (χ0n) is 14.6. The molecule has 1 amide bonds. The van der Waals surface area contributed by atoms with Crippen LogP contribution in [0.4, 0.5) is 8.78 Å². The van der Waals surface area contributed by atoms with E-state index in [9.17, 15) is 13.6 Å². The highest BCUT2D eigenvalue weighted by Crippen LogP contribution is 2.23. The molecule has 0 radical (unpaired) electrons. The van der Waals surface area contributed by atoms with Gasteiger partial charge < -0.3 is 9.64 Å². The fraction of sp³-hybridized carbons (Fsp3) is 0.200. The third-order valence-corrected chi connectivity index (χ3v) is 4.84. The van der Waals surface area contributed by atoms with Gasteiger partial charge in [0.05, 0.1) is 12.1 Å². The Morgan fingerprint density at radius 3 is 2.52 bits per heavy atom. The highest BCUT2D eigenvalue weighted by Gasteiger charge is 2.13. The number of carbonyl (C=O) groups excluding carboxylic acids is 1. The molecule has 0 aliphatic rings. The Morgan fingerprint density at radius 1 is 1.15 bits per heavy atom. The van der Waals surface area contributed by atoms with Crippen molar-refractivity contribution in [3.8, 4) is 16.3 Å². The lowest BCUT2D eigenvalue weighted by Gasteiger charge is -2.17. The first-order chi connectivity index (χ1) is 13.0. The molecule has 0 atom stereocenters. The number of rotatable bonds is 7. The van der Waals surface area contributed by atoms with Gasteiger partial charge in [0.2, 0.25) is 5.91 Å². The first kappa shape index (κ1) is 19.0. The lowest BCUT2D eigenvalue weighted by Crippen LogP contribution is -2.27. The van der Waals surface area contributed by atoms with E-state index >= 15 is 0 Å². The largest absolute Gasteiger partial charge is 0.435 e. The van der Waals surface area contributed by atoms with Crippen LogP contribution in [0.1, 0.15) is 11.3 Å². The monoisotopic (exact) mass is 388 g/mol. The number of thiazole rings is 1. The summed E-state index contributed by atoms with van der Waals surface area (Å²) in [6.07, 6.45) is 0.215. The minimum absolute atomic E-state index is 0.0622. The van der Waals surface area contributed by atoms with E-state index in [0.29, 0.717) is 6.54 Å². The number of hydrogen-bond donors (Lipinski definition) is 0. The number of ether oxygens (including phenoxy) is 1. The molecule has 0 aliphatic heterocycles. The van der Waals surface area contributed by atoms with E-state index < -0.39 is 6.61 Å². The average molecular weight is 388 g/mol. The molecule has 1 heterocycles. The maximum absolute atomic E-state index is 12.4. The van der Waals surface area contributed by atoms with Crippen LogP contribution in [0, 0.1) is 0 Å². The Hall–Kier alpha value is -2.80. The van der Waals surface area contributed by atoms with Gasteiger partial charge in [0.15, 0.2) is 0 Å². The predicted octanol–water partition coefficient (Wildman–Crippen LogP) is 4.61. The van der Waals surface area contributed by atoms with Gasteiger partial charge in [0, 0.05) is 24.5 Å². The Balaban J connectivity index is 1.57. The van der Waals surface area contributed by atoms with Crippen molar-refractivity contribution < 1.29 is 18.3 Å². The SMILES string of the molecule is CN(Cc1ccc(OC(F)F)cc1)C(=O)Cc1csc(-c2ccccc2)n1. The van der Waals surface area contributed by atoms with Crippen LogP contribution in [-0.4, -0.2) is 29.5 Å². The summed E-state index contributed by atoms with van der Waals surface area (Å²) < 4.78 is 28.7. The normalized spacial score (nSPS) is 10.8.